The molecule has 0 radical (unpaired) electrons. The minimum atomic E-state index is -4.21. The topological polar surface area (TPSA) is 96.0 Å². The number of anilines is 1. The van der Waals surface area contributed by atoms with E-state index in [9.17, 15) is 18.0 Å². The highest BCUT2D eigenvalue weighted by atomic mass is 35.5. The molecule has 214 valence electrons. The van der Waals surface area contributed by atoms with Crippen LogP contribution >= 0.6 is 11.6 Å². The number of halogens is 1. The minimum Gasteiger partial charge on any atom is -0.495 e. The summed E-state index contributed by atoms with van der Waals surface area (Å²) in [4.78, 5) is 28.6. The predicted molar refractivity (Wildman–Crippen MR) is 158 cm³/mol. The van der Waals surface area contributed by atoms with E-state index in [1.807, 2.05) is 27.7 Å². The van der Waals surface area contributed by atoms with Crippen molar-refractivity contribution in [3.05, 3.63) is 88.9 Å². The molecular formula is C30H36ClN3O5S. The number of carbonyl (C=O) groups excluding carboxylic acids is 2. The van der Waals surface area contributed by atoms with Gasteiger partial charge in [-0.2, -0.15) is 0 Å². The molecule has 0 heterocycles. The van der Waals surface area contributed by atoms with E-state index in [0.29, 0.717) is 10.6 Å². The summed E-state index contributed by atoms with van der Waals surface area (Å²) in [6, 6.07) is 19.1. The van der Waals surface area contributed by atoms with Crippen molar-refractivity contribution < 1.29 is 22.7 Å². The highest BCUT2D eigenvalue weighted by Crippen LogP contribution is 2.34. The SMILES string of the molecule is COc1ccc(C)cc1N(CC(=O)N(Cc1ccccc1Cl)[C@H](C)C(=O)NC(C)(C)C)S(=O)(=O)c1ccccc1. The first-order chi connectivity index (χ1) is 18.7. The Balaban J connectivity index is 2.11. The zero-order valence-electron chi connectivity index (χ0n) is 23.6. The summed E-state index contributed by atoms with van der Waals surface area (Å²) >= 11 is 6.41. The molecule has 0 saturated heterocycles. The zero-order chi connectivity index (χ0) is 29.7. The van der Waals surface area contributed by atoms with Crippen molar-refractivity contribution in [2.24, 2.45) is 0 Å². The van der Waals surface area contributed by atoms with Crippen LogP contribution in [0.15, 0.2) is 77.7 Å². The van der Waals surface area contributed by atoms with Crippen LogP contribution in [0.4, 0.5) is 5.69 Å². The summed E-state index contributed by atoms with van der Waals surface area (Å²) in [5.41, 5.74) is 1.08. The number of ether oxygens (including phenoxy) is 1. The maximum Gasteiger partial charge on any atom is 0.264 e. The second-order valence-electron chi connectivity index (χ2n) is 10.5. The van der Waals surface area contributed by atoms with E-state index in [2.05, 4.69) is 5.32 Å². The quantitative estimate of drug-likeness (QED) is 0.353. The molecule has 0 spiro atoms. The van der Waals surface area contributed by atoms with Crippen molar-refractivity contribution >= 4 is 39.1 Å². The van der Waals surface area contributed by atoms with Gasteiger partial charge in [-0.1, -0.05) is 54.1 Å². The molecule has 0 aliphatic carbocycles. The molecule has 1 N–H and O–H groups in total. The summed E-state index contributed by atoms with van der Waals surface area (Å²) in [5.74, 6) is -0.674. The van der Waals surface area contributed by atoms with Gasteiger partial charge < -0.3 is 15.0 Å². The summed E-state index contributed by atoms with van der Waals surface area (Å²) in [6.07, 6.45) is 0. The van der Waals surface area contributed by atoms with Gasteiger partial charge in [0.1, 0.15) is 18.3 Å². The van der Waals surface area contributed by atoms with Crippen molar-refractivity contribution in [3.8, 4) is 5.75 Å². The minimum absolute atomic E-state index is 0.00140. The van der Waals surface area contributed by atoms with Gasteiger partial charge in [0.15, 0.2) is 0 Å². The Morgan fingerprint density at radius 3 is 2.23 bits per heavy atom. The molecule has 8 nitrogen and oxygen atoms in total. The summed E-state index contributed by atoms with van der Waals surface area (Å²) in [6.45, 7) is 8.39. The van der Waals surface area contributed by atoms with Crippen LogP contribution in [0.3, 0.4) is 0 Å². The van der Waals surface area contributed by atoms with Gasteiger partial charge in [-0.15, -0.1) is 0 Å². The average molecular weight is 586 g/mol. The number of hydrogen-bond donors (Lipinski definition) is 1. The molecule has 0 saturated carbocycles. The summed E-state index contributed by atoms with van der Waals surface area (Å²) in [7, 11) is -2.77. The lowest BCUT2D eigenvalue weighted by Crippen LogP contribution is -2.54. The molecule has 0 bridgehead atoms. The number of benzene rings is 3. The second-order valence-corrected chi connectivity index (χ2v) is 12.8. The Morgan fingerprint density at radius 1 is 1.00 bits per heavy atom. The largest absolute Gasteiger partial charge is 0.495 e. The van der Waals surface area contributed by atoms with Gasteiger partial charge in [-0.3, -0.25) is 13.9 Å². The molecule has 3 rings (SSSR count). The van der Waals surface area contributed by atoms with Crippen LogP contribution in [0.2, 0.25) is 5.02 Å². The highest BCUT2D eigenvalue weighted by molar-refractivity contribution is 7.92. The molecule has 0 aliphatic heterocycles. The van der Waals surface area contributed by atoms with Gasteiger partial charge in [0.2, 0.25) is 11.8 Å². The first-order valence-electron chi connectivity index (χ1n) is 12.8. The molecule has 0 aliphatic rings. The lowest BCUT2D eigenvalue weighted by atomic mass is 10.1. The Morgan fingerprint density at radius 2 is 1.62 bits per heavy atom. The van der Waals surface area contributed by atoms with Crippen LogP contribution in [-0.2, 0) is 26.2 Å². The number of amides is 2. The van der Waals surface area contributed by atoms with E-state index < -0.39 is 34.1 Å². The monoisotopic (exact) mass is 585 g/mol. The first kappa shape index (κ1) is 31.0. The Kier molecular flexibility index (Phi) is 9.87. The van der Waals surface area contributed by atoms with Crippen molar-refractivity contribution in [3.63, 3.8) is 0 Å². The summed E-state index contributed by atoms with van der Waals surface area (Å²) < 4.78 is 34.5. The molecule has 0 unspecified atom stereocenters. The molecule has 0 aromatic heterocycles. The van der Waals surface area contributed by atoms with Crippen LogP contribution in [0, 0.1) is 6.92 Å². The molecule has 40 heavy (non-hydrogen) atoms. The van der Waals surface area contributed by atoms with Gasteiger partial charge in [0.25, 0.3) is 10.0 Å². The average Bonchev–Trinajstić information content (AvgIpc) is 2.90. The van der Waals surface area contributed by atoms with Crippen LogP contribution in [-0.4, -0.2) is 50.4 Å². The van der Waals surface area contributed by atoms with Crippen molar-refractivity contribution in [2.45, 2.75) is 57.6 Å². The number of carbonyl (C=O) groups is 2. The normalized spacial score (nSPS) is 12.4. The van der Waals surface area contributed by atoms with E-state index in [1.165, 1.54) is 24.1 Å². The molecule has 2 amide bonds. The maximum atomic E-state index is 14.1. The molecule has 3 aromatic carbocycles. The lowest BCUT2D eigenvalue weighted by Gasteiger charge is -2.34. The van der Waals surface area contributed by atoms with Crippen LogP contribution in [0.5, 0.6) is 5.75 Å². The molecular weight excluding hydrogens is 550 g/mol. The number of nitrogens with zero attached hydrogens (tertiary/aromatic N) is 2. The highest BCUT2D eigenvalue weighted by Gasteiger charge is 2.34. The van der Waals surface area contributed by atoms with Crippen LogP contribution in [0.1, 0.15) is 38.8 Å². The molecule has 3 aromatic rings. The Labute approximate surface area is 241 Å². The Bertz CT molecular complexity index is 1460. The fourth-order valence-corrected chi connectivity index (χ4v) is 5.73. The first-order valence-corrected chi connectivity index (χ1v) is 14.6. The number of methoxy groups -OCH3 is 1. The van der Waals surface area contributed by atoms with E-state index in [0.717, 1.165) is 9.87 Å². The number of sulfonamides is 1. The van der Waals surface area contributed by atoms with E-state index in [4.69, 9.17) is 16.3 Å². The number of nitrogens with one attached hydrogen (secondary N) is 1. The van der Waals surface area contributed by atoms with Gasteiger partial charge in [0.05, 0.1) is 17.7 Å². The second kappa shape index (κ2) is 12.7. The zero-order valence-corrected chi connectivity index (χ0v) is 25.2. The van der Waals surface area contributed by atoms with Crippen molar-refractivity contribution in [1.82, 2.24) is 10.2 Å². The summed E-state index contributed by atoms with van der Waals surface area (Å²) in [5, 5.41) is 3.33. The van der Waals surface area contributed by atoms with Crippen molar-refractivity contribution in [1.29, 1.82) is 0 Å². The number of rotatable bonds is 10. The third-order valence-corrected chi connectivity index (χ3v) is 8.32. The van der Waals surface area contributed by atoms with Gasteiger partial charge in [0, 0.05) is 17.1 Å². The van der Waals surface area contributed by atoms with E-state index in [-0.39, 0.29) is 28.8 Å². The van der Waals surface area contributed by atoms with E-state index >= 15 is 0 Å². The Hall–Kier alpha value is -3.56. The molecule has 0 fully saturated rings. The standard InChI is InChI=1S/C30H36ClN3O5S/c1-21-16-17-27(39-6)26(18-21)34(40(37,38)24-13-8-7-9-14-24)20-28(35)33(19-23-12-10-11-15-25(23)31)22(2)29(36)32-30(3,4)5/h7-18,22H,19-20H2,1-6H3,(H,32,36)/t22-/m1/s1. The van der Waals surface area contributed by atoms with Gasteiger partial charge in [-0.05, 0) is 76.1 Å². The predicted octanol–water partition coefficient (Wildman–Crippen LogP) is 5.18. The molecule has 1 atom stereocenters. The maximum absolute atomic E-state index is 14.1. The lowest BCUT2D eigenvalue weighted by molar-refractivity contribution is -0.140. The number of aryl methyl sites for hydroxylation is 1. The number of hydrogen-bond acceptors (Lipinski definition) is 5. The fraction of sp³-hybridized carbons (Fsp3) is 0.333. The van der Waals surface area contributed by atoms with Crippen LogP contribution in [0.25, 0.3) is 0 Å². The third-order valence-electron chi connectivity index (χ3n) is 6.18. The van der Waals surface area contributed by atoms with Crippen LogP contribution < -0.4 is 14.4 Å². The van der Waals surface area contributed by atoms with E-state index in [1.54, 1.807) is 67.6 Å². The van der Waals surface area contributed by atoms with Gasteiger partial charge in [-0.25, -0.2) is 8.42 Å². The van der Waals surface area contributed by atoms with Crippen molar-refractivity contribution in [2.75, 3.05) is 18.0 Å². The smallest absolute Gasteiger partial charge is 0.264 e. The molecule has 10 heteroatoms. The third kappa shape index (κ3) is 7.55. The fourth-order valence-electron chi connectivity index (χ4n) is 4.09. The van der Waals surface area contributed by atoms with Gasteiger partial charge >= 0.3 is 0 Å².